The summed E-state index contributed by atoms with van der Waals surface area (Å²) in [5, 5.41) is 0. The quantitative estimate of drug-likeness (QED) is 0.0903. The van der Waals surface area contributed by atoms with Gasteiger partial charge in [0.2, 0.25) is 0 Å². The lowest BCUT2D eigenvalue weighted by atomic mass is 10.0. The van der Waals surface area contributed by atoms with Crippen molar-refractivity contribution >= 4 is 0 Å². The third kappa shape index (κ3) is 21.8. The molecule has 0 fully saturated rings. The van der Waals surface area contributed by atoms with E-state index in [9.17, 15) is 0 Å². The Kier molecular flexibility index (Phi) is 24.1. The summed E-state index contributed by atoms with van der Waals surface area (Å²) in [5.74, 6) is 0. The molecule has 0 aliphatic heterocycles. The van der Waals surface area contributed by atoms with Crippen molar-refractivity contribution < 1.29 is 4.48 Å². The Bertz CT molecular complexity index is 348. The Morgan fingerprint density at radius 2 is 0.688 bits per heavy atom. The zero-order valence-corrected chi connectivity index (χ0v) is 23.7. The molecule has 1 atom stereocenters. The van der Waals surface area contributed by atoms with Crippen LogP contribution in [0.1, 0.15) is 175 Å². The van der Waals surface area contributed by atoms with Crippen molar-refractivity contribution in [2.45, 2.75) is 181 Å². The summed E-state index contributed by atoms with van der Waals surface area (Å²) in [6, 6.07) is 0.821. The van der Waals surface area contributed by atoms with E-state index in [0.29, 0.717) is 0 Å². The molecular formula is C31H66N+. The van der Waals surface area contributed by atoms with E-state index in [1.807, 2.05) is 0 Å². The molecular weight excluding hydrogens is 386 g/mol. The van der Waals surface area contributed by atoms with Gasteiger partial charge in [-0.2, -0.15) is 0 Å². The Morgan fingerprint density at radius 1 is 0.406 bits per heavy atom. The topological polar surface area (TPSA) is 0 Å². The van der Waals surface area contributed by atoms with Gasteiger partial charge in [0, 0.05) is 0 Å². The second kappa shape index (κ2) is 24.1. The van der Waals surface area contributed by atoms with Crippen LogP contribution in [0.5, 0.6) is 0 Å². The molecule has 0 aromatic carbocycles. The SMILES string of the molecule is CCCCCCCCCCCCCC[N+](C)(C)C(C)CCCCCCCCCCCCC. The van der Waals surface area contributed by atoms with Crippen LogP contribution in [0.15, 0.2) is 0 Å². The Morgan fingerprint density at radius 3 is 1.03 bits per heavy atom. The van der Waals surface area contributed by atoms with E-state index >= 15 is 0 Å². The molecule has 1 nitrogen and oxygen atoms in total. The molecule has 0 aromatic rings. The third-order valence-electron chi connectivity index (χ3n) is 8.01. The average Bonchev–Trinajstić information content (AvgIpc) is 2.78. The standard InChI is InChI=1S/C31H66N/c1-6-8-10-12-14-16-18-20-22-24-26-28-30-32(4,5)31(3)29-27-25-23-21-19-17-15-13-11-9-7-2/h31H,6-30H2,1-5H3/q+1. The van der Waals surface area contributed by atoms with Gasteiger partial charge in [-0.05, 0) is 32.6 Å². The van der Waals surface area contributed by atoms with Gasteiger partial charge >= 0.3 is 0 Å². The third-order valence-corrected chi connectivity index (χ3v) is 8.01. The molecule has 1 heteroatoms. The number of unbranched alkanes of at least 4 members (excludes halogenated alkanes) is 21. The lowest BCUT2D eigenvalue weighted by molar-refractivity contribution is -0.913. The smallest absolute Gasteiger partial charge is 0.0857 e. The van der Waals surface area contributed by atoms with E-state index in [-0.39, 0.29) is 0 Å². The predicted octanol–water partition coefficient (Wildman–Crippen LogP) is 10.9. The van der Waals surface area contributed by atoms with Crippen molar-refractivity contribution in [2.24, 2.45) is 0 Å². The van der Waals surface area contributed by atoms with E-state index in [2.05, 4.69) is 34.9 Å². The van der Waals surface area contributed by atoms with Gasteiger partial charge in [0.25, 0.3) is 0 Å². The van der Waals surface area contributed by atoms with Gasteiger partial charge in [0.05, 0.1) is 26.7 Å². The van der Waals surface area contributed by atoms with Crippen LogP contribution in [-0.4, -0.2) is 31.2 Å². The Hall–Kier alpha value is -0.0400. The van der Waals surface area contributed by atoms with Gasteiger partial charge < -0.3 is 4.48 Å². The van der Waals surface area contributed by atoms with Crippen molar-refractivity contribution in [3.05, 3.63) is 0 Å². The number of rotatable bonds is 26. The number of nitrogens with zero attached hydrogens (tertiary/aromatic N) is 1. The molecule has 1 unspecified atom stereocenters. The summed E-state index contributed by atoms with van der Waals surface area (Å²) in [6.45, 7) is 8.48. The summed E-state index contributed by atoms with van der Waals surface area (Å²) in [6.07, 6.45) is 34.9. The summed E-state index contributed by atoms with van der Waals surface area (Å²) >= 11 is 0. The van der Waals surface area contributed by atoms with Gasteiger partial charge in [0.1, 0.15) is 0 Å². The minimum Gasteiger partial charge on any atom is -0.326 e. The van der Waals surface area contributed by atoms with Crippen LogP contribution in [0.25, 0.3) is 0 Å². The van der Waals surface area contributed by atoms with E-state index < -0.39 is 0 Å². The molecule has 0 bridgehead atoms. The van der Waals surface area contributed by atoms with Crippen molar-refractivity contribution in [3.63, 3.8) is 0 Å². The Labute approximate surface area is 206 Å². The first-order chi connectivity index (χ1) is 15.5. The highest BCUT2D eigenvalue weighted by molar-refractivity contribution is 4.55. The molecule has 0 saturated carbocycles. The molecule has 0 aromatic heterocycles. The van der Waals surface area contributed by atoms with Gasteiger partial charge in [-0.25, -0.2) is 0 Å². The lowest BCUT2D eigenvalue weighted by Gasteiger charge is -2.36. The van der Waals surface area contributed by atoms with Crippen LogP contribution in [0.3, 0.4) is 0 Å². The average molecular weight is 453 g/mol. The molecule has 0 spiro atoms. The van der Waals surface area contributed by atoms with Crippen LogP contribution in [0.4, 0.5) is 0 Å². The molecule has 0 radical (unpaired) electrons. The number of hydrogen-bond donors (Lipinski definition) is 0. The van der Waals surface area contributed by atoms with Crippen LogP contribution < -0.4 is 0 Å². The maximum atomic E-state index is 2.50. The molecule has 0 aliphatic carbocycles. The highest BCUT2D eigenvalue weighted by Gasteiger charge is 2.22. The first-order valence-electron chi connectivity index (χ1n) is 15.4. The first kappa shape index (κ1) is 32.0. The molecule has 194 valence electrons. The molecule has 0 heterocycles. The highest BCUT2D eigenvalue weighted by Crippen LogP contribution is 2.18. The maximum Gasteiger partial charge on any atom is 0.0857 e. The van der Waals surface area contributed by atoms with E-state index in [1.165, 1.54) is 165 Å². The fraction of sp³-hybridized carbons (Fsp3) is 1.00. The van der Waals surface area contributed by atoms with Crippen molar-refractivity contribution in [3.8, 4) is 0 Å². The largest absolute Gasteiger partial charge is 0.326 e. The van der Waals surface area contributed by atoms with Gasteiger partial charge in [0.15, 0.2) is 0 Å². The normalized spacial score (nSPS) is 13.0. The number of hydrogen-bond acceptors (Lipinski definition) is 0. The molecule has 0 saturated heterocycles. The molecule has 0 amide bonds. The van der Waals surface area contributed by atoms with E-state index in [4.69, 9.17) is 0 Å². The molecule has 0 rings (SSSR count). The second-order valence-corrected chi connectivity index (χ2v) is 11.6. The molecule has 0 aliphatic rings. The number of quaternary nitrogens is 1. The first-order valence-corrected chi connectivity index (χ1v) is 15.4. The summed E-state index contributed by atoms with van der Waals surface area (Å²) in [4.78, 5) is 0. The lowest BCUT2D eigenvalue weighted by Crippen LogP contribution is -2.47. The molecule has 32 heavy (non-hydrogen) atoms. The van der Waals surface area contributed by atoms with Crippen molar-refractivity contribution in [1.82, 2.24) is 0 Å². The summed E-state index contributed by atoms with van der Waals surface area (Å²) in [5.41, 5.74) is 0. The second-order valence-electron chi connectivity index (χ2n) is 11.6. The summed E-state index contributed by atoms with van der Waals surface area (Å²) in [7, 11) is 4.95. The van der Waals surface area contributed by atoms with Crippen LogP contribution in [0.2, 0.25) is 0 Å². The maximum absolute atomic E-state index is 2.50. The van der Waals surface area contributed by atoms with E-state index in [0.717, 1.165) is 6.04 Å². The van der Waals surface area contributed by atoms with Crippen LogP contribution >= 0.6 is 0 Å². The van der Waals surface area contributed by atoms with Gasteiger partial charge in [-0.15, -0.1) is 0 Å². The van der Waals surface area contributed by atoms with Crippen molar-refractivity contribution in [2.75, 3.05) is 20.6 Å². The van der Waals surface area contributed by atoms with E-state index in [1.54, 1.807) is 0 Å². The minimum atomic E-state index is 0.821. The fourth-order valence-corrected chi connectivity index (χ4v) is 5.03. The molecule has 0 N–H and O–H groups in total. The Balaban J connectivity index is 3.46. The van der Waals surface area contributed by atoms with Gasteiger partial charge in [-0.3, -0.25) is 0 Å². The fourth-order valence-electron chi connectivity index (χ4n) is 5.03. The zero-order valence-electron chi connectivity index (χ0n) is 23.7. The monoisotopic (exact) mass is 453 g/mol. The zero-order chi connectivity index (χ0) is 23.8. The predicted molar refractivity (Wildman–Crippen MR) is 149 cm³/mol. The highest BCUT2D eigenvalue weighted by atomic mass is 15.3. The van der Waals surface area contributed by atoms with Crippen LogP contribution in [-0.2, 0) is 0 Å². The van der Waals surface area contributed by atoms with Crippen molar-refractivity contribution in [1.29, 1.82) is 0 Å². The van der Waals surface area contributed by atoms with Crippen LogP contribution in [0, 0.1) is 0 Å². The minimum absolute atomic E-state index is 0.821. The summed E-state index contributed by atoms with van der Waals surface area (Å²) < 4.78 is 1.23. The van der Waals surface area contributed by atoms with Gasteiger partial charge in [-0.1, -0.05) is 142 Å².